The number of carbonyl (C=O) groups excluding carboxylic acids is 1. The summed E-state index contributed by atoms with van der Waals surface area (Å²) in [4.78, 5) is 21.6. The second-order valence-electron chi connectivity index (χ2n) is 5.07. The van der Waals surface area contributed by atoms with E-state index in [0.29, 0.717) is 6.42 Å². The van der Waals surface area contributed by atoms with Gasteiger partial charge in [0.2, 0.25) is 5.91 Å². The Morgan fingerprint density at radius 1 is 0.850 bits per heavy atom. The van der Waals surface area contributed by atoms with Crippen LogP contribution < -0.4 is 5.32 Å². The zero-order valence-electron chi connectivity index (χ0n) is 12.2. The van der Waals surface area contributed by atoms with E-state index in [0.717, 1.165) is 12.8 Å². The van der Waals surface area contributed by atoms with E-state index in [-0.39, 0.29) is 70.3 Å². The van der Waals surface area contributed by atoms with Gasteiger partial charge in [0.05, 0.1) is 6.42 Å². The van der Waals surface area contributed by atoms with Gasteiger partial charge in [0.15, 0.2) is 0 Å². The number of carboxylic acid groups (broad SMARTS) is 1. The number of nitrogens with one attached hydrogen (secondary N) is 1. The Morgan fingerprint density at radius 2 is 1.35 bits per heavy atom. The summed E-state index contributed by atoms with van der Waals surface area (Å²) in [6, 6.07) is 0. The molecule has 0 aromatic rings. The summed E-state index contributed by atoms with van der Waals surface area (Å²) in [6.07, 6.45) is 11.6. The summed E-state index contributed by atoms with van der Waals surface area (Å²) >= 11 is 0. The van der Waals surface area contributed by atoms with Crippen molar-refractivity contribution in [2.75, 3.05) is 6.54 Å². The van der Waals surface area contributed by atoms with Crippen molar-refractivity contribution < 1.29 is 14.7 Å². The average molecular weight is 312 g/mol. The zero-order valence-corrected chi connectivity index (χ0v) is 12.2. The van der Waals surface area contributed by atoms with E-state index in [1.165, 1.54) is 44.9 Å². The van der Waals surface area contributed by atoms with Crippen LogP contribution in [0.15, 0.2) is 0 Å². The number of unbranched alkanes of at least 4 members (excludes halogenated alkanes) is 8. The van der Waals surface area contributed by atoms with Crippen molar-refractivity contribution >= 4 is 63.3 Å². The van der Waals surface area contributed by atoms with E-state index in [4.69, 9.17) is 5.11 Å². The van der Waals surface area contributed by atoms with Crippen LogP contribution in [-0.4, -0.2) is 74.9 Å². The van der Waals surface area contributed by atoms with Crippen molar-refractivity contribution in [3.8, 4) is 0 Å². The van der Waals surface area contributed by atoms with Crippen molar-refractivity contribution in [2.24, 2.45) is 0 Å². The van der Waals surface area contributed by atoms with Crippen LogP contribution >= 0.6 is 0 Å². The summed E-state index contributed by atoms with van der Waals surface area (Å²) in [6.45, 7) is 2.47. The Bertz CT molecular complexity index is 247. The molecule has 2 N–H and O–H groups in total. The predicted octanol–water partition coefficient (Wildman–Crippen LogP) is 2.85. The quantitative estimate of drug-likeness (QED) is 0.406. The minimum absolute atomic E-state index is 0. The van der Waals surface area contributed by atoms with Crippen LogP contribution in [0.1, 0.15) is 77.6 Å². The van der Waals surface area contributed by atoms with Gasteiger partial charge in [-0.3, -0.25) is 9.59 Å². The third-order valence-corrected chi connectivity index (χ3v) is 3.17. The first-order valence-corrected chi connectivity index (χ1v) is 7.65. The van der Waals surface area contributed by atoms with Crippen LogP contribution in [0.3, 0.4) is 0 Å². The Hall–Kier alpha value is 0.576. The molecule has 0 radical (unpaired) electrons. The predicted molar refractivity (Wildman–Crippen MR) is 84.3 cm³/mol. The molecule has 20 heavy (non-hydrogen) atoms. The van der Waals surface area contributed by atoms with Crippen molar-refractivity contribution in [1.29, 1.82) is 0 Å². The van der Waals surface area contributed by atoms with Crippen molar-refractivity contribution in [3.63, 3.8) is 0 Å². The zero-order chi connectivity index (χ0) is 14.3. The number of carboxylic acids is 1. The van der Waals surface area contributed by atoms with Gasteiger partial charge in [-0.15, -0.1) is 0 Å². The number of aliphatic carboxylic acids is 1. The summed E-state index contributed by atoms with van der Waals surface area (Å²) in [5.41, 5.74) is 0. The molecule has 0 saturated heterocycles. The Labute approximate surface area is 165 Å². The van der Waals surface area contributed by atoms with Gasteiger partial charge in [-0.05, 0) is 6.42 Å². The Kier molecular flexibility index (Phi) is 20.1. The monoisotopic (exact) mass is 311 g/mol. The molecule has 114 valence electrons. The number of amides is 1. The Morgan fingerprint density at radius 3 is 1.85 bits per heavy atom. The summed E-state index contributed by atoms with van der Waals surface area (Å²) < 4.78 is 0. The summed E-state index contributed by atoms with van der Waals surface area (Å²) in [7, 11) is 0. The molecule has 0 aliphatic heterocycles. The van der Waals surface area contributed by atoms with E-state index in [1.807, 2.05) is 0 Å². The number of carbonyl (C=O) groups is 2. The molecule has 0 rings (SSSR count). The molecule has 0 aromatic heterocycles. The molecule has 0 fully saturated rings. The van der Waals surface area contributed by atoms with Crippen LogP contribution in [-0.2, 0) is 9.59 Å². The van der Waals surface area contributed by atoms with Crippen LogP contribution in [0.5, 0.6) is 0 Å². The van der Waals surface area contributed by atoms with E-state index in [2.05, 4.69) is 12.2 Å². The minimum atomic E-state index is -0.872. The molecule has 0 bridgehead atoms. The molecule has 0 aliphatic rings. The van der Waals surface area contributed by atoms with E-state index in [9.17, 15) is 9.59 Å². The van der Waals surface area contributed by atoms with Crippen molar-refractivity contribution in [1.82, 2.24) is 5.32 Å². The van der Waals surface area contributed by atoms with Crippen molar-refractivity contribution in [3.05, 3.63) is 0 Å². The maximum absolute atomic E-state index is 11.3. The fraction of sp³-hybridized carbons (Fsp3) is 0.867. The molecule has 0 saturated carbocycles. The van der Waals surface area contributed by atoms with Gasteiger partial charge in [0.1, 0.15) is 0 Å². The molecule has 0 atom stereocenters. The maximum atomic E-state index is 11.3. The molecular formula is C15H30KNO3. The number of rotatable bonds is 13. The third kappa shape index (κ3) is 18.6. The SMILES string of the molecule is CCCCCCCCCCCC(=O)NCCC(=O)O.[KH]. The van der Waals surface area contributed by atoms with Gasteiger partial charge in [-0.2, -0.15) is 0 Å². The second kappa shape index (κ2) is 17.6. The molecule has 0 aliphatic carbocycles. The van der Waals surface area contributed by atoms with Crippen molar-refractivity contribution in [2.45, 2.75) is 77.6 Å². The van der Waals surface area contributed by atoms with Crippen LogP contribution in [0.2, 0.25) is 0 Å². The van der Waals surface area contributed by atoms with E-state index in [1.54, 1.807) is 0 Å². The van der Waals surface area contributed by atoms with Gasteiger partial charge >= 0.3 is 57.4 Å². The summed E-state index contributed by atoms with van der Waals surface area (Å²) in [5.74, 6) is -0.896. The molecular weight excluding hydrogens is 281 g/mol. The molecule has 1 amide bonds. The van der Waals surface area contributed by atoms with Crippen LogP contribution in [0, 0.1) is 0 Å². The van der Waals surface area contributed by atoms with E-state index >= 15 is 0 Å². The average Bonchev–Trinajstić information content (AvgIpc) is 2.36. The molecule has 0 aromatic carbocycles. The van der Waals surface area contributed by atoms with Crippen LogP contribution in [0.4, 0.5) is 0 Å². The van der Waals surface area contributed by atoms with E-state index < -0.39 is 5.97 Å². The first-order valence-electron chi connectivity index (χ1n) is 7.65. The molecule has 0 unspecified atom stereocenters. The van der Waals surface area contributed by atoms with Gasteiger partial charge in [0.25, 0.3) is 0 Å². The molecule has 0 spiro atoms. The van der Waals surface area contributed by atoms with Gasteiger partial charge in [-0.25, -0.2) is 0 Å². The first kappa shape index (κ1) is 22.9. The number of hydrogen-bond donors (Lipinski definition) is 2. The van der Waals surface area contributed by atoms with Crippen LogP contribution in [0.25, 0.3) is 0 Å². The first-order chi connectivity index (χ1) is 9.16. The standard InChI is InChI=1S/C15H29NO3.K.H/c1-2-3-4-5-6-7-8-9-10-11-14(17)16-13-12-15(18)19;;/h2-13H2,1H3,(H,16,17)(H,18,19);;. The topological polar surface area (TPSA) is 66.4 Å². The third-order valence-electron chi connectivity index (χ3n) is 3.17. The van der Waals surface area contributed by atoms with Gasteiger partial charge in [-0.1, -0.05) is 58.3 Å². The normalized spacial score (nSPS) is 9.85. The molecule has 4 nitrogen and oxygen atoms in total. The fourth-order valence-corrected chi connectivity index (χ4v) is 1.99. The fourth-order valence-electron chi connectivity index (χ4n) is 1.99. The van der Waals surface area contributed by atoms with Gasteiger partial charge < -0.3 is 10.4 Å². The Balaban J connectivity index is 0. The molecule has 0 heterocycles. The van der Waals surface area contributed by atoms with Gasteiger partial charge in [0, 0.05) is 13.0 Å². The summed E-state index contributed by atoms with van der Waals surface area (Å²) in [5, 5.41) is 11.0. The second-order valence-corrected chi connectivity index (χ2v) is 5.07. The molecule has 5 heteroatoms. The number of hydrogen-bond acceptors (Lipinski definition) is 2.